The Hall–Kier alpha value is -2.19. The number of esters is 1. The zero-order valence-corrected chi connectivity index (χ0v) is 15.3. The second-order valence-corrected chi connectivity index (χ2v) is 8.53. The minimum Gasteiger partial charge on any atom is -0.460 e. The Morgan fingerprint density at radius 1 is 1.38 bits per heavy atom. The van der Waals surface area contributed by atoms with E-state index in [4.69, 9.17) is 4.74 Å². The fraction of sp³-hybridized carbons (Fsp3) is 0.444. The molecule has 0 bridgehead atoms. The number of ether oxygens (including phenoxy) is 1. The summed E-state index contributed by atoms with van der Waals surface area (Å²) in [4.78, 5) is 24.9. The van der Waals surface area contributed by atoms with Gasteiger partial charge in [0.05, 0.1) is 18.2 Å². The molecule has 1 amide bonds. The molecule has 8 heteroatoms. The van der Waals surface area contributed by atoms with Crippen LogP contribution in [0.3, 0.4) is 0 Å². The van der Waals surface area contributed by atoms with E-state index in [2.05, 4.69) is 11.9 Å². The first kappa shape index (κ1) is 18.6. The third-order valence-corrected chi connectivity index (χ3v) is 6.01. The summed E-state index contributed by atoms with van der Waals surface area (Å²) in [5.41, 5.74) is 0.872. The standard InChI is InChI=1S/C18H22N2O5S/c1-3-7-13-16-15(20(17(13)21)26(2,23)24)10-14(19-16)18(22)25-11-12-8-5-4-6-9-12/h3-6,8-9,13-16,19H,1,7,10-11H2,2H3/t13-,14?,15+,16-/m1/s1. The van der Waals surface area contributed by atoms with E-state index in [9.17, 15) is 18.0 Å². The number of carbonyl (C=O) groups is 2. The Morgan fingerprint density at radius 3 is 2.69 bits per heavy atom. The summed E-state index contributed by atoms with van der Waals surface area (Å²) in [6.07, 6.45) is 3.17. The van der Waals surface area contributed by atoms with Crippen LogP contribution in [0.5, 0.6) is 0 Å². The lowest BCUT2D eigenvalue weighted by molar-refractivity contribution is -0.147. The Kier molecular flexibility index (Phi) is 5.15. The molecule has 2 heterocycles. The van der Waals surface area contributed by atoms with Gasteiger partial charge in [-0.1, -0.05) is 36.4 Å². The number of sulfonamides is 1. The van der Waals surface area contributed by atoms with E-state index >= 15 is 0 Å². The van der Waals surface area contributed by atoms with Crippen LogP contribution < -0.4 is 5.32 Å². The number of allylic oxidation sites excluding steroid dienone is 1. The molecule has 1 N–H and O–H groups in total. The molecule has 2 aliphatic rings. The number of benzene rings is 1. The first-order valence-electron chi connectivity index (χ1n) is 8.43. The molecule has 7 nitrogen and oxygen atoms in total. The van der Waals surface area contributed by atoms with Crippen molar-refractivity contribution in [2.75, 3.05) is 6.26 Å². The second kappa shape index (κ2) is 7.20. The Labute approximate surface area is 153 Å². The summed E-state index contributed by atoms with van der Waals surface area (Å²) in [5, 5.41) is 3.11. The van der Waals surface area contributed by atoms with Gasteiger partial charge in [0, 0.05) is 6.04 Å². The van der Waals surface area contributed by atoms with E-state index in [1.807, 2.05) is 30.3 Å². The number of rotatable bonds is 6. The van der Waals surface area contributed by atoms with Gasteiger partial charge in [0.1, 0.15) is 12.6 Å². The summed E-state index contributed by atoms with van der Waals surface area (Å²) in [6, 6.07) is 7.68. The highest BCUT2D eigenvalue weighted by Gasteiger charge is 2.56. The van der Waals surface area contributed by atoms with Gasteiger partial charge in [0.25, 0.3) is 0 Å². The lowest BCUT2D eigenvalue weighted by atomic mass is 9.96. The minimum atomic E-state index is -3.70. The van der Waals surface area contributed by atoms with Gasteiger partial charge >= 0.3 is 5.97 Å². The molecule has 26 heavy (non-hydrogen) atoms. The van der Waals surface area contributed by atoms with Crippen LogP contribution in [0.4, 0.5) is 0 Å². The summed E-state index contributed by atoms with van der Waals surface area (Å²) in [7, 11) is -3.70. The van der Waals surface area contributed by atoms with Gasteiger partial charge in [-0.25, -0.2) is 12.7 Å². The van der Waals surface area contributed by atoms with E-state index in [1.54, 1.807) is 6.08 Å². The lowest BCUT2D eigenvalue weighted by Gasteiger charge is -2.21. The van der Waals surface area contributed by atoms with Gasteiger partial charge in [-0.3, -0.25) is 14.9 Å². The van der Waals surface area contributed by atoms with Crippen LogP contribution in [0.2, 0.25) is 0 Å². The van der Waals surface area contributed by atoms with Gasteiger partial charge in [-0.2, -0.15) is 0 Å². The number of carbonyl (C=O) groups excluding carboxylic acids is 2. The zero-order valence-electron chi connectivity index (χ0n) is 14.5. The van der Waals surface area contributed by atoms with Crippen LogP contribution in [0.1, 0.15) is 18.4 Å². The van der Waals surface area contributed by atoms with Crippen molar-refractivity contribution < 1.29 is 22.7 Å². The lowest BCUT2D eigenvalue weighted by Crippen LogP contribution is -2.41. The van der Waals surface area contributed by atoms with Crippen LogP contribution in [0.15, 0.2) is 43.0 Å². The Morgan fingerprint density at radius 2 is 2.08 bits per heavy atom. The normalized spacial score (nSPS) is 28.0. The predicted molar refractivity (Wildman–Crippen MR) is 95.3 cm³/mol. The highest BCUT2D eigenvalue weighted by atomic mass is 32.2. The summed E-state index contributed by atoms with van der Waals surface area (Å²) < 4.78 is 30.4. The van der Waals surface area contributed by atoms with Crippen LogP contribution in [0, 0.1) is 5.92 Å². The smallest absolute Gasteiger partial charge is 0.323 e. The Bertz CT molecular complexity index is 808. The molecule has 3 rings (SSSR count). The molecular formula is C18H22N2O5S. The number of nitrogens with one attached hydrogen (secondary N) is 1. The summed E-state index contributed by atoms with van der Waals surface area (Å²) >= 11 is 0. The fourth-order valence-electron chi connectivity index (χ4n) is 3.74. The van der Waals surface area contributed by atoms with Crippen molar-refractivity contribution in [3.05, 3.63) is 48.6 Å². The molecule has 4 atom stereocenters. The van der Waals surface area contributed by atoms with Crippen molar-refractivity contribution in [3.63, 3.8) is 0 Å². The van der Waals surface area contributed by atoms with Gasteiger partial charge in [-0.15, -0.1) is 6.58 Å². The van der Waals surface area contributed by atoms with Crippen LogP contribution >= 0.6 is 0 Å². The molecule has 0 saturated carbocycles. The topological polar surface area (TPSA) is 92.8 Å². The zero-order chi connectivity index (χ0) is 18.9. The van der Waals surface area contributed by atoms with Crippen molar-refractivity contribution in [1.82, 2.24) is 9.62 Å². The maximum atomic E-state index is 12.5. The first-order chi connectivity index (χ1) is 12.3. The fourth-order valence-corrected chi connectivity index (χ4v) is 4.91. The molecule has 1 aromatic carbocycles. The monoisotopic (exact) mass is 378 g/mol. The van der Waals surface area contributed by atoms with Crippen LogP contribution in [0.25, 0.3) is 0 Å². The number of hydrogen-bond acceptors (Lipinski definition) is 6. The van der Waals surface area contributed by atoms with Crippen molar-refractivity contribution in [1.29, 1.82) is 0 Å². The van der Waals surface area contributed by atoms with E-state index < -0.39 is 45.9 Å². The maximum Gasteiger partial charge on any atom is 0.323 e. The number of amides is 1. The molecule has 0 spiro atoms. The number of nitrogens with zero attached hydrogens (tertiary/aromatic N) is 1. The minimum absolute atomic E-state index is 0.151. The molecule has 0 aliphatic carbocycles. The number of fused-ring (bicyclic) bond motifs is 1. The average Bonchev–Trinajstić information content (AvgIpc) is 3.11. The van der Waals surface area contributed by atoms with Crippen molar-refractivity contribution in [2.24, 2.45) is 5.92 Å². The largest absolute Gasteiger partial charge is 0.460 e. The Balaban J connectivity index is 1.71. The third-order valence-electron chi connectivity index (χ3n) is 4.84. The van der Waals surface area contributed by atoms with Crippen molar-refractivity contribution in [2.45, 2.75) is 37.6 Å². The first-order valence-corrected chi connectivity index (χ1v) is 10.3. The van der Waals surface area contributed by atoms with E-state index in [0.717, 1.165) is 16.1 Å². The molecule has 2 fully saturated rings. The van der Waals surface area contributed by atoms with E-state index in [1.165, 1.54) is 0 Å². The molecular weight excluding hydrogens is 356 g/mol. The van der Waals surface area contributed by atoms with Gasteiger partial charge in [-0.05, 0) is 18.4 Å². The van der Waals surface area contributed by atoms with Crippen LogP contribution in [-0.4, -0.2) is 49.0 Å². The second-order valence-electron chi connectivity index (χ2n) is 6.67. The highest BCUT2D eigenvalue weighted by molar-refractivity contribution is 7.88. The predicted octanol–water partition coefficient (Wildman–Crippen LogP) is 0.823. The molecule has 2 aliphatic heterocycles. The van der Waals surface area contributed by atoms with E-state index in [0.29, 0.717) is 6.42 Å². The van der Waals surface area contributed by atoms with Gasteiger partial charge in [0.2, 0.25) is 15.9 Å². The SMILES string of the molecule is C=CC[C@H]1C(=O)N(S(C)(=O)=O)[C@H]2CC(C(=O)OCc3ccccc3)N[C@H]12. The quantitative estimate of drug-likeness (QED) is 0.582. The van der Waals surface area contributed by atoms with Crippen molar-refractivity contribution in [3.8, 4) is 0 Å². The average molecular weight is 378 g/mol. The highest BCUT2D eigenvalue weighted by Crippen LogP contribution is 2.37. The molecule has 0 aromatic heterocycles. The molecule has 0 radical (unpaired) electrons. The van der Waals surface area contributed by atoms with Gasteiger partial charge in [0.15, 0.2) is 0 Å². The van der Waals surface area contributed by atoms with Crippen LogP contribution in [-0.2, 0) is 31.0 Å². The molecule has 1 aromatic rings. The molecule has 1 unspecified atom stereocenters. The third kappa shape index (κ3) is 3.52. The summed E-state index contributed by atoms with van der Waals surface area (Å²) in [6.45, 7) is 3.79. The molecule has 2 saturated heterocycles. The van der Waals surface area contributed by atoms with Crippen molar-refractivity contribution >= 4 is 21.9 Å². The maximum absolute atomic E-state index is 12.5. The summed E-state index contributed by atoms with van der Waals surface area (Å²) in [5.74, 6) is -1.42. The number of hydrogen-bond donors (Lipinski definition) is 1. The van der Waals surface area contributed by atoms with E-state index in [-0.39, 0.29) is 13.0 Å². The van der Waals surface area contributed by atoms with Gasteiger partial charge < -0.3 is 4.74 Å². The molecule has 140 valence electrons.